The molecule has 0 aliphatic rings. The van der Waals surface area contributed by atoms with Crippen molar-refractivity contribution in [1.29, 1.82) is 0 Å². The average molecular weight is 491 g/mol. The summed E-state index contributed by atoms with van der Waals surface area (Å²) in [6.45, 7) is 1.96. The van der Waals surface area contributed by atoms with E-state index >= 15 is 0 Å². The minimum atomic E-state index is -4.24. The van der Waals surface area contributed by atoms with Gasteiger partial charge in [-0.1, -0.05) is 0 Å². The van der Waals surface area contributed by atoms with Crippen molar-refractivity contribution in [3.05, 3.63) is 23.8 Å². The van der Waals surface area contributed by atoms with Gasteiger partial charge in [-0.2, -0.15) is 13.2 Å². The van der Waals surface area contributed by atoms with Crippen LogP contribution in [0.1, 0.15) is 25.0 Å². The van der Waals surface area contributed by atoms with Crippen LogP contribution in [0.4, 0.5) is 13.2 Å². The SMILES string of the molecule is CCNC(=NCC(O)c1cc(OC)cc(OC)c1)NCCC(F)(F)F.I. The number of benzene rings is 1. The van der Waals surface area contributed by atoms with E-state index in [9.17, 15) is 18.3 Å². The molecule has 0 amide bonds. The lowest BCUT2D eigenvalue weighted by molar-refractivity contribution is -0.132. The summed E-state index contributed by atoms with van der Waals surface area (Å²) >= 11 is 0. The summed E-state index contributed by atoms with van der Waals surface area (Å²) in [6, 6.07) is 4.96. The summed E-state index contributed by atoms with van der Waals surface area (Å²) < 4.78 is 46.9. The highest BCUT2D eigenvalue weighted by molar-refractivity contribution is 14.0. The number of nitrogens with one attached hydrogen (secondary N) is 2. The molecule has 1 aromatic carbocycles. The summed E-state index contributed by atoms with van der Waals surface area (Å²) in [5.41, 5.74) is 0.533. The molecule has 1 rings (SSSR count). The molecule has 150 valence electrons. The number of aliphatic hydroxyl groups excluding tert-OH is 1. The Bertz CT molecular complexity index is 549. The fourth-order valence-electron chi connectivity index (χ4n) is 1.97. The predicted octanol–water partition coefficient (Wildman–Crippen LogP) is 2.86. The lowest BCUT2D eigenvalue weighted by Crippen LogP contribution is -2.39. The molecule has 0 aromatic heterocycles. The molecule has 0 fully saturated rings. The molecule has 26 heavy (non-hydrogen) atoms. The first-order valence-electron chi connectivity index (χ1n) is 7.79. The maximum absolute atomic E-state index is 12.2. The first-order valence-corrected chi connectivity index (χ1v) is 7.79. The predicted molar refractivity (Wildman–Crippen MR) is 105 cm³/mol. The van der Waals surface area contributed by atoms with Crippen LogP contribution in [0.25, 0.3) is 0 Å². The van der Waals surface area contributed by atoms with Crippen molar-refractivity contribution in [2.45, 2.75) is 25.6 Å². The molecule has 3 N–H and O–H groups in total. The molecule has 0 bridgehead atoms. The number of guanidine groups is 1. The van der Waals surface area contributed by atoms with E-state index < -0.39 is 18.7 Å². The van der Waals surface area contributed by atoms with Crippen LogP contribution in [0.15, 0.2) is 23.2 Å². The Kier molecular flexibility index (Phi) is 11.4. The van der Waals surface area contributed by atoms with Gasteiger partial charge in [0.15, 0.2) is 5.96 Å². The van der Waals surface area contributed by atoms with Crippen molar-refractivity contribution >= 4 is 29.9 Å². The zero-order valence-corrected chi connectivity index (χ0v) is 17.2. The monoisotopic (exact) mass is 491 g/mol. The number of methoxy groups -OCH3 is 2. The van der Waals surface area contributed by atoms with E-state index in [0.29, 0.717) is 23.6 Å². The standard InChI is InChI=1S/C16H24F3N3O3.HI/c1-4-20-15(21-6-5-16(17,18)19)22-10-14(23)11-7-12(24-2)9-13(8-11)25-3;/h7-9,14,23H,4-6,10H2,1-3H3,(H2,20,21,22);1H. The number of aliphatic hydroxyl groups is 1. The molecule has 0 aliphatic heterocycles. The molecule has 6 nitrogen and oxygen atoms in total. The third-order valence-electron chi connectivity index (χ3n) is 3.23. The summed E-state index contributed by atoms with van der Waals surface area (Å²) in [4.78, 5) is 4.12. The second kappa shape index (κ2) is 12.0. The normalized spacial score (nSPS) is 12.8. The quantitative estimate of drug-likeness (QED) is 0.297. The molecule has 0 aliphatic carbocycles. The second-order valence-electron chi connectivity index (χ2n) is 5.17. The fraction of sp³-hybridized carbons (Fsp3) is 0.562. The Morgan fingerprint density at radius 2 is 1.73 bits per heavy atom. The van der Waals surface area contributed by atoms with Crippen LogP contribution >= 0.6 is 24.0 Å². The van der Waals surface area contributed by atoms with Gasteiger partial charge in [0.2, 0.25) is 0 Å². The molecule has 1 aromatic rings. The highest BCUT2D eigenvalue weighted by Gasteiger charge is 2.26. The molecule has 1 unspecified atom stereocenters. The van der Waals surface area contributed by atoms with Crippen LogP contribution < -0.4 is 20.1 Å². The average Bonchev–Trinajstić information content (AvgIpc) is 2.57. The summed E-state index contributed by atoms with van der Waals surface area (Å²) in [7, 11) is 2.99. The van der Waals surface area contributed by atoms with Crippen LogP contribution in [0.3, 0.4) is 0 Å². The number of aliphatic imine (C=N–C) groups is 1. The van der Waals surface area contributed by atoms with Crippen LogP contribution in [-0.2, 0) is 0 Å². The van der Waals surface area contributed by atoms with Crippen molar-refractivity contribution < 1.29 is 27.8 Å². The van der Waals surface area contributed by atoms with Gasteiger partial charge in [0.05, 0.1) is 33.3 Å². The minimum absolute atomic E-state index is 0. The Labute approximate surface area is 168 Å². The summed E-state index contributed by atoms with van der Waals surface area (Å²) in [6.07, 6.45) is -6.16. The first-order chi connectivity index (χ1) is 11.8. The number of ether oxygens (including phenoxy) is 2. The number of rotatable bonds is 8. The number of hydrogen-bond acceptors (Lipinski definition) is 4. The van der Waals surface area contributed by atoms with Crippen molar-refractivity contribution in [3.8, 4) is 11.5 Å². The van der Waals surface area contributed by atoms with E-state index in [1.165, 1.54) is 14.2 Å². The van der Waals surface area contributed by atoms with Gasteiger partial charge in [-0.3, -0.25) is 4.99 Å². The Hall–Kier alpha value is -1.43. The van der Waals surface area contributed by atoms with E-state index in [1.807, 2.05) is 0 Å². The molecule has 10 heteroatoms. The lowest BCUT2D eigenvalue weighted by Gasteiger charge is -2.15. The molecule has 0 spiro atoms. The van der Waals surface area contributed by atoms with E-state index in [4.69, 9.17) is 9.47 Å². The number of hydrogen-bond donors (Lipinski definition) is 3. The fourth-order valence-corrected chi connectivity index (χ4v) is 1.97. The Balaban J connectivity index is 0.00000625. The first kappa shape index (κ1) is 24.6. The maximum atomic E-state index is 12.2. The maximum Gasteiger partial charge on any atom is 0.390 e. The van der Waals surface area contributed by atoms with Crippen LogP contribution in [0.5, 0.6) is 11.5 Å². The van der Waals surface area contributed by atoms with Gasteiger partial charge < -0.3 is 25.2 Å². The molecular weight excluding hydrogens is 466 g/mol. The topological polar surface area (TPSA) is 75.1 Å². The van der Waals surface area contributed by atoms with Gasteiger partial charge in [-0.25, -0.2) is 0 Å². The molecule has 0 saturated carbocycles. The van der Waals surface area contributed by atoms with Crippen LogP contribution in [0.2, 0.25) is 0 Å². The van der Waals surface area contributed by atoms with E-state index in [0.717, 1.165) is 0 Å². The van der Waals surface area contributed by atoms with Crippen molar-refractivity contribution in [2.24, 2.45) is 4.99 Å². The van der Waals surface area contributed by atoms with Crippen LogP contribution in [0, 0.1) is 0 Å². The zero-order chi connectivity index (χ0) is 18.9. The highest BCUT2D eigenvalue weighted by Crippen LogP contribution is 2.26. The Morgan fingerprint density at radius 3 is 2.19 bits per heavy atom. The zero-order valence-electron chi connectivity index (χ0n) is 14.9. The van der Waals surface area contributed by atoms with Crippen molar-refractivity contribution in [1.82, 2.24) is 10.6 Å². The Morgan fingerprint density at radius 1 is 1.15 bits per heavy atom. The number of nitrogens with zero attached hydrogens (tertiary/aromatic N) is 1. The molecule has 0 saturated heterocycles. The largest absolute Gasteiger partial charge is 0.497 e. The number of alkyl halides is 3. The van der Waals surface area contributed by atoms with Gasteiger partial charge in [0.1, 0.15) is 11.5 Å². The van der Waals surface area contributed by atoms with Crippen molar-refractivity contribution in [2.75, 3.05) is 33.9 Å². The highest BCUT2D eigenvalue weighted by atomic mass is 127. The lowest BCUT2D eigenvalue weighted by atomic mass is 10.1. The van der Waals surface area contributed by atoms with Gasteiger partial charge >= 0.3 is 6.18 Å². The van der Waals surface area contributed by atoms with Gasteiger partial charge in [0, 0.05) is 19.2 Å². The molecule has 0 radical (unpaired) electrons. The van der Waals surface area contributed by atoms with Crippen LogP contribution in [-0.4, -0.2) is 51.1 Å². The third kappa shape index (κ3) is 9.32. The molecule has 0 heterocycles. The summed E-state index contributed by atoms with van der Waals surface area (Å²) in [5.74, 6) is 1.25. The molecular formula is C16H25F3IN3O3. The van der Waals surface area contributed by atoms with E-state index in [2.05, 4.69) is 15.6 Å². The number of halogens is 4. The smallest absolute Gasteiger partial charge is 0.390 e. The van der Waals surface area contributed by atoms with Gasteiger partial charge in [0.25, 0.3) is 0 Å². The third-order valence-corrected chi connectivity index (χ3v) is 3.23. The van der Waals surface area contributed by atoms with E-state index in [1.54, 1.807) is 25.1 Å². The van der Waals surface area contributed by atoms with Gasteiger partial charge in [-0.15, -0.1) is 24.0 Å². The van der Waals surface area contributed by atoms with Crippen molar-refractivity contribution in [3.63, 3.8) is 0 Å². The second-order valence-corrected chi connectivity index (χ2v) is 5.17. The summed E-state index contributed by atoms with van der Waals surface area (Å²) in [5, 5.41) is 15.7. The van der Waals surface area contributed by atoms with E-state index in [-0.39, 0.29) is 43.0 Å². The molecule has 1 atom stereocenters. The minimum Gasteiger partial charge on any atom is -0.497 e. The van der Waals surface area contributed by atoms with Gasteiger partial charge in [-0.05, 0) is 24.6 Å².